The number of hydrogen-bond acceptors (Lipinski definition) is 3. The van der Waals surface area contributed by atoms with Crippen molar-refractivity contribution in [3.8, 4) is 0 Å². The third kappa shape index (κ3) is 2.16. The summed E-state index contributed by atoms with van der Waals surface area (Å²) in [4.78, 5) is 1.06. The van der Waals surface area contributed by atoms with Gasteiger partial charge >= 0.3 is 0 Å². The number of ether oxygens (including phenoxy) is 1. The Kier molecular flexibility index (Phi) is 3.26. The molecule has 2 nitrogen and oxygen atoms in total. The minimum absolute atomic E-state index is 0.362. The molecule has 1 N–H and O–H groups in total. The van der Waals surface area contributed by atoms with Crippen LogP contribution >= 0.6 is 23.4 Å². The van der Waals surface area contributed by atoms with Crippen LogP contribution in [0.3, 0.4) is 0 Å². The first-order chi connectivity index (χ1) is 7.15. The Morgan fingerprint density at radius 1 is 1.53 bits per heavy atom. The lowest BCUT2D eigenvalue weighted by molar-refractivity contribution is 0.0210. The van der Waals surface area contributed by atoms with E-state index < -0.39 is 5.60 Å². The first-order valence-corrected chi connectivity index (χ1v) is 6.40. The zero-order valence-corrected chi connectivity index (χ0v) is 10.1. The van der Waals surface area contributed by atoms with E-state index in [4.69, 9.17) is 16.3 Å². The van der Waals surface area contributed by atoms with Crippen LogP contribution in [-0.4, -0.2) is 24.6 Å². The second-order valence-corrected chi connectivity index (χ2v) is 4.96. The number of halogens is 1. The lowest BCUT2D eigenvalue weighted by atomic mass is 9.93. The topological polar surface area (TPSA) is 29.5 Å². The minimum atomic E-state index is -0.858. The van der Waals surface area contributed by atoms with E-state index in [0.717, 1.165) is 10.5 Å². The zero-order chi connectivity index (χ0) is 10.9. The smallest absolute Gasteiger partial charge is 0.116 e. The molecule has 1 fully saturated rings. The molecule has 0 bridgehead atoms. The molecule has 0 aliphatic carbocycles. The number of thioether (sulfide) groups is 1. The highest BCUT2D eigenvalue weighted by Crippen LogP contribution is 2.37. The number of rotatable bonds is 2. The van der Waals surface area contributed by atoms with E-state index in [1.54, 1.807) is 11.8 Å². The predicted molar refractivity (Wildman–Crippen MR) is 62.6 cm³/mol. The van der Waals surface area contributed by atoms with Gasteiger partial charge in [0.15, 0.2) is 0 Å². The van der Waals surface area contributed by atoms with Crippen LogP contribution in [0.4, 0.5) is 0 Å². The van der Waals surface area contributed by atoms with Gasteiger partial charge in [0.25, 0.3) is 0 Å². The molecule has 15 heavy (non-hydrogen) atoms. The Morgan fingerprint density at radius 2 is 2.33 bits per heavy atom. The van der Waals surface area contributed by atoms with Gasteiger partial charge in [-0.2, -0.15) is 0 Å². The molecule has 0 saturated carbocycles. The van der Waals surface area contributed by atoms with Gasteiger partial charge in [-0.15, -0.1) is 11.8 Å². The average Bonchev–Trinajstić information content (AvgIpc) is 2.66. The van der Waals surface area contributed by atoms with E-state index in [0.29, 0.717) is 24.7 Å². The first kappa shape index (κ1) is 11.3. The molecule has 0 spiro atoms. The largest absolute Gasteiger partial charge is 0.383 e. The van der Waals surface area contributed by atoms with Crippen molar-refractivity contribution in [3.05, 3.63) is 28.8 Å². The van der Waals surface area contributed by atoms with Crippen LogP contribution in [0.15, 0.2) is 23.1 Å². The number of aliphatic hydroxyl groups is 1. The molecule has 1 aliphatic rings. The van der Waals surface area contributed by atoms with Gasteiger partial charge < -0.3 is 9.84 Å². The summed E-state index contributed by atoms with van der Waals surface area (Å²) in [6.45, 7) is 0.970. The highest BCUT2D eigenvalue weighted by Gasteiger charge is 2.36. The lowest BCUT2D eigenvalue weighted by Gasteiger charge is -2.23. The summed E-state index contributed by atoms with van der Waals surface area (Å²) in [7, 11) is 0. The van der Waals surface area contributed by atoms with Gasteiger partial charge in [-0.1, -0.05) is 11.6 Å². The van der Waals surface area contributed by atoms with Gasteiger partial charge in [0.2, 0.25) is 0 Å². The molecule has 1 atom stereocenters. The maximum absolute atomic E-state index is 10.4. The second kappa shape index (κ2) is 4.34. The van der Waals surface area contributed by atoms with Crippen LogP contribution in [0, 0.1) is 0 Å². The van der Waals surface area contributed by atoms with Gasteiger partial charge in [-0.05, 0) is 24.5 Å². The second-order valence-electron chi connectivity index (χ2n) is 3.68. The predicted octanol–water partition coefficient (Wildman–Crippen LogP) is 2.67. The molecular formula is C11H13ClO2S. The van der Waals surface area contributed by atoms with Gasteiger partial charge in [-0.3, -0.25) is 0 Å². The molecule has 82 valence electrons. The minimum Gasteiger partial charge on any atom is -0.383 e. The van der Waals surface area contributed by atoms with Crippen molar-refractivity contribution in [3.63, 3.8) is 0 Å². The third-order valence-corrected chi connectivity index (χ3v) is 3.69. The number of benzene rings is 1. The highest BCUT2D eigenvalue weighted by molar-refractivity contribution is 7.98. The van der Waals surface area contributed by atoms with Crippen LogP contribution in [-0.2, 0) is 10.3 Å². The summed E-state index contributed by atoms with van der Waals surface area (Å²) in [5.41, 5.74) is 0.0310. The molecular weight excluding hydrogens is 232 g/mol. The Balaban J connectivity index is 2.44. The molecule has 0 amide bonds. The molecule has 1 saturated heterocycles. The molecule has 1 aromatic rings. The fraction of sp³-hybridized carbons (Fsp3) is 0.455. The molecule has 1 aromatic carbocycles. The van der Waals surface area contributed by atoms with E-state index in [-0.39, 0.29) is 0 Å². The summed E-state index contributed by atoms with van der Waals surface area (Å²) in [5.74, 6) is 0. The maximum atomic E-state index is 10.4. The summed E-state index contributed by atoms with van der Waals surface area (Å²) in [5, 5.41) is 11.1. The monoisotopic (exact) mass is 244 g/mol. The van der Waals surface area contributed by atoms with Gasteiger partial charge in [0.05, 0.1) is 6.61 Å². The Morgan fingerprint density at radius 3 is 2.93 bits per heavy atom. The van der Waals surface area contributed by atoms with E-state index in [1.165, 1.54) is 0 Å². The standard InChI is InChI=1S/C11H13ClO2S/c1-15-10-3-2-8(12)6-9(10)11(13)4-5-14-7-11/h2-3,6,13H,4-5,7H2,1H3. The summed E-state index contributed by atoms with van der Waals surface area (Å²) < 4.78 is 5.25. The highest BCUT2D eigenvalue weighted by atomic mass is 35.5. The average molecular weight is 245 g/mol. The lowest BCUT2D eigenvalue weighted by Crippen LogP contribution is -2.26. The maximum Gasteiger partial charge on any atom is 0.116 e. The molecule has 1 unspecified atom stereocenters. The first-order valence-electron chi connectivity index (χ1n) is 4.80. The fourth-order valence-corrected chi connectivity index (χ4v) is 2.66. The van der Waals surface area contributed by atoms with Crippen LogP contribution in [0.2, 0.25) is 5.02 Å². The quantitative estimate of drug-likeness (QED) is 0.812. The fourth-order valence-electron chi connectivity index (χ4n) is 1.81. The van der Waals surface area contributed by atoms with Crippen molar-refractivity contribution in [2.24, 2.45) is 0 Å². The van der Waals surface area contributed by atoms with Crippen molar-refractivity contribution in [2.45, 2.75) is 16.9 Å². The van der Waals surface area contributed by atoms with Gasteiger partial charge in [0, 0.05) is 28.5 Å². The molecule has 1 heterocycles. The van der Waals surface area contributed by atoms with Crippen LogP contribution < -0.4 is 0 Å². The van der Waals surface area contributed by atoms with E-state index in [9.17, 15) is 5.11 Å². The van der Waals surface area contributed by atoms with Crippen molar-refractivity contribution >= 4 is 23.4 Å². The van der Waals surface area contributed by atoms with E-state index in [2.05, 4.69) is 0 Å². The van der Waals surface area contributed by atoms with Gasteiger partial charge in [0.1, 0.15) is 5.60 Å². The van der Waals surface area contributed by atoms with Crippen molar-refractivity contribution in [1.82, 2.24) is 0 Å². The molecule has 0 radical (unpaired) electrons. The van der Waals surface area contributed by atoms with Crippen molar-refractivity contribution in [2.75, 3.05) is 19.5 Å². The van der Waals surface area contributed by atoms with E-state index >= 15 is 0 Å². The number of hydrogen-bond donors (Lipinski definition) is 1. The van der Waals surface area contributed by atoms with Gasteiger partial charge in [-0.25, -0.2) is 0 Å². The van der Waals surface area contributed by atoms with Crippen molar-refractivity contribution in [1.29, 1.82) is 0 Å². The van der Waals surface area contributed by atoms with Crippen LogP contribution in [0.5, 0.6) is 0 Å². The Labute approximate surface area is 98.6 Å². The molecule has 4 heteroatoms. The van der Waals surface area contributed by atoms with Crippen LogP contribution in [0.1, 0.15) is 12.0 Å². The van der Waals surface area contributed by atoms with Crippen LogP contribution in [0.25, 0.3) is 0 Å². The molecule has 0 aromatic heterocycles. The Bertz CT molecular complexity index is 362. The summed E-state index contributed by atoms with van der Waals surface area (Å²) in [6.07, 6.45) is 2.63. The Hall–Kier alpha value is -0.220. The normalized spacial score (nSPS) is 25.8. The third-order valence-electron chi connectivity index (χ3n) is 2.66. The van der Waals surface area contributed by atoms with E-state index in [1.807, 2.05) is 24.5 Å². The molecule has 2 rings (SSSR count). The zero-order valence-electron chi connectivity index (χ0n) is 8.50. The summed E-state index contributed by atoms with van der Waals surface area (Å²) in [6, 6.07) is 5.62. The molecule has 1 aliphatic heterocycles. The summed E-state index contributed by atoms with van der Waals surface area (Å²) >= 11 is 7.57. The SMILES string of the molecule is CSc1ccc(Cl)cc1C1(O)CCOC1. The van der Waals surface area contributed by atoms with Crippen molar-refractivity contribution < 1.29 is 9.84 Å².